The van der Waals surface area contributed by atoms with Crippen molar-refractivity contribution in [2.24, 2.45) is 0 Å². The summed E-state index contributed by atoms with van der Waals surface area (Å²) in [5.41, 5.74) is 0.659. The van der Waals surface area contributed by atoms with E-state index in [0.717, 1.165) is 5.56 Å². The SMILES string of the molecule is CC(C)NCc1ccc(OCC(=O)N(C)C)c([N+](=O)[O-])c1. The number of nitrogens with one attached hydrogen (secondary N) is 1. The Morgan fingerprint density at radius 2 is 2.10 bits per heavy atom. The van der Waals surface area contributed by atoms with Gasteiger partial charge in [-0.15, -0.1) is 0 Å². The minimum atomic E-state index is -0.506. The molecule has 1 amide bonds. The van der Waals surface area contributed by atoms with E-state index in [1.165, 1.54) is 17.0 Å². The molecule has 7 heteroatoms. The minimum Gasteiger partial charge on any atom is -0.477 e. The van der Waals surface area contributed by atoms with Crippen molar-refractivity contribution in [1.82, 2.24) is 10.2 Å². The van der Waals surface area contributed by atoms with Gasteiger partial charge >= 0.3 is 5.69 Å². The first-order valence-electron chi connectivity index (χ1n) is 6.65. The van der Waals surface area contributed by atoms with Crippen LogP contribution >= 0.6 is 0 Å². The van der Waals surface area contributed by atoms with E-state index in [2.05, 4.69) is 5.32 Å². The van der Waals surface area contributed by atoms with E-state index in [1.54, 1.807) is 20.2 Å². The van der Waals surface area contributed by atoms with Crippen LogP contribution < -0.4 is 10.1 Å². The van der Waals surface area contributed by atoms with Gasteiger partial charge in [0, 0.05) is 32.7 Å². The van der Waals surface area contributed by atoms with E-state index >= 15 is 0 Å². The van der Waals surface area contributed by atoms with Crippen LogP contribution in [0.5, 0.6) is 5.75 Å². The van der Waals surface area contributed by atoms with Crippen molar-refractivity contribution < 1.29 is 14.5 Å². The number of hydrogen-bond donors (Lipinski definition) is 1. The van der Waals surface area contributed by atoms with Crippen LogP contribution in [-0.4, -0.2) is 42.5 Å². The van der Waals surface area contributed by atoms with E-state index < -0.39 is 4.92 Å². The van der Waals surface area contributed by atoms with Gasteiger partial charge in [-0.05, 0) is 11.6 Å². The van der Waals surface area contributed by atoms with Crippen LogP contribution in [0.2, 0.25) is 0 Å². The van der Waals surface area contributed by atoms with Crippen molar-refractivity contribution in [1.29, 1.82) is 0 Å². The van der Waals surface area contributed by atoms with Crippen molar-refractivity contribution in [2.75, 3.05) is 20.7 Å². The van der Waals surface area contributed by atoms with E-state index in [0.29, 0.717) is 6.54 Å². The molecule has 0 spiro atoms. The molecule has 0 atom stereocenters. The Balaban J connectivity index is 2.84. The Morgan fingerprint density at radius 3 is 2.62 bits per heavy atom. The molecule has 116 valence electrons. The van der Waals surface area contributed by atoms with E-state index in [4.69, 9.17) is 4.74 Å². The van der Waals surface area contributed by atoms with Crippen LogP contribution in [0, 0.1) is 10.1 Å². The Bertz CT molecular complexity index is 515. The lowest BCUT2D eigenvalue weighted by molar-refractivity contribution is -0.385. The Kier molecular flexibility index (Phi) is 6.10. The van der Waals surface area contributed by atoms with Crippen LogP contribution in [0.25, 0.3) is 0 Å². The minimum absolute atomic E-state index is 0.100. The summed E-state index contributed by atoms with van der Waals surface area (Å²) in [6, 6.07) is 5.03. The molecule has 1 aromatic rings. The van der Waals surface area contributed by atoms with Gasteiger partial charge in [0.25, 0.3) is 5.91 Å². The Labute approximate surface area is 124 Å². The molecule has 0 aliphatic heterocycles. The molecular weight excluding hydrogens is 274 g/mol. The number of likely N-dealkylation sites (N-methyl/N-ethyl adjacent to an activating group) is 1. The molecule has 0 saturated heterocycles. The summed E-state index contributed by atoms with van der Waals surface area (Å²) in [4.78, 5) is 23.4. The quantitative estimate of drug-likeness (QED) is 0.609. The van der Waals surface area contributed by atoms with Gasteiger partial charge in [0.15, 0.2) is 12.4 Å². The van der Waals surface area contributed by atoms with Gasteiger partial charge in [-0.25, -0.2) is 0 Å². The second kappa shape index (κ2) is 7.58. The van der Waals surface area contributed by atoms with Crippen molar-refractivity contribution in [3.05, 3.63) is 33.9 Å². The number of nitro groups is 1. The number of carbonyl (C=O) groups is 1. The third-order valence-corrected chi connectivity index (χ3v) is 2.78. The van der Waals surface area contributed by atoms with Crippen LogP contribution in [-0.2, 0) is 11.3 Å². The summed E-state index contributed by atoms with van der Waals surface area (Å²) in [6.07, 6.45) is 0. The Morgan fingerprint density at radius 1 is 1.43 bits per heavy atom. The van der Waals surface area contributed by atoms with Crippen molar-refractivity contribution >= 4 is 11.6 Å². The highest BCUT2D eigenvalue weighted by atomic mass is 16.6. The van der Waals surface area contributed by atoms with Crippen LogP contribution in [0.1, 0.15) is 19.4 Å². The maximum Gasteiger partial charge on any atom is 0.311 e. The maximum absolute atomic E-state index is 11.5. The highest BCUT2D eigenvalue weighted by molar-refractivity contribution is 5.77. The van der Waals surface area contributed by atoms with Gasteiger partial charge in [-0.3, -0.25) is 14.9 Å². The molecule has 1 rings (SSSR count). The topological polar surface area (TPSA) is 84.7 Å². The molecule has 1 N–H and O–H groups in total. The van der Waals surface area contributed by atoms with Crippen LogP contribution in [0.15, 0.2) is 18.2 Å². The van der Waals surface area contributed by atoms with E-state index in [-0.39, 0.29) is 30.0 Å². The third-order valence-electron chi connectivity index (χ3n) is 2.78. The largest absolute Gasteiger partial charge is 0.477 e. The first-order valence-corrected chi connectivity index (χ1v) is 6.65. The number of hydrogen-bond acceptors (Lipinski definition) is 5. The normalized spacial score (nSPS) is 10.5. The number of carbonyl (C=O) groups excluding carboxylic acids is 1. The molecule has 0 aliphatic rings. The fraction of sp³-hybridized carbons (Fsp3) is 0.500. The predicted molar refractivity (Wildman–Crippen MR) is 79.3 cm³/mol. The first kappa shape index (κ1) is 16.9. The molecule has 0 aromatic heterocycles. The summed E-state index contributed by atoms with van der Waals surface area (Å²) in [7, 11) is 3.20. The lowest BCUT2D eigenvalue weighted by Gasteiger charge is -2.12. The summed E-state index contributed by atoms with van der Waals surface area (Å²) >= 11 is 0. The van der Waals surface area contributed by atoms with Gasteiger partial charge in [-0.1, -0.05) is 19.9 Å². The average Bonchev–Trinajstić information content (AvgIpc) is 2.42. The molecular formula is C14H21N3O4. The molecule has 0 heterocycles. The molecule has 0 bridgehead atoms. The highest BCUT2D eigenvalue weighted by Gasteiger charge is 2.17. The highest BCUT2D eigenvalue weighted by Crippen LogP contribution is 2.28. The third kappa shape index (κ3) is 5.39. The molecule has 0 aliphatic carbocycles. The number of amides is 1. The summed E-state index contributed by atoms with van der Waals surface area (Å²) < 4.78 is 5.25. The van der Waals surface area contributed by atoms with Gasteiger partial charge < -0.3 is 15.0 Å². The van der Waals surface area contributed by atoms with Gasteiger partial charge in [0.2, 0.25) is 0 Å². The van der Waals surface area contributed by atoms with Gasteiger partial charge in [0.1, 0.15) is 0 Å². The molecule has 21 heavy (non-hydrogen) atoms. The number of benzene rings is 1. The zero-order valence-electron chi connectivity index (χ0n) is 12.8. The average molecular weight is 295 g/mol. The van der Waals surface area contributed by atoms with Gasteiger partial charge in [-0.2, -0.15) is 0 Å². The summed E-state index contributed by atoms with van der Waals surface area (Å²) in [5.74, 6) is -0.154. The standard InChI is InChI=1S/C14H21N3O4/c1-10(2)15-8-11-5-6-13(12(7-11)17(19)20)21-9-14(18)16(3)4/h5-7,10,15H,8-9H2,1-4H3. The molecule has 0 fully saturated rings. The Hall–Kier alpha value is -2.15. The fourth-order valence-electron chi connectivity index (χ4n) is 1.53. The first-order chi connectivity index (χ1) is 9.81. The summed E-state index contributed by atoms with van der Waals surface area (Å²) in [5, 5.41) is 14.3. The lowest BCUT2D eigenvalue weighted by Crippen LogP contribution is -2.27. The molecule has 1 aromatic carbocycles. The maximum atomic E-state index is 11.5. The van der Waals surface area contributed by atoms with Crippen molar-refractivity contribution in [3.63, 3.8) is 0 Å². The lowest BCUT2D eigenvalue weighted by atomic mass is 10.2. The summed E-state index contributed by atoms with van der Waals surface area (Å²) in [6.45, 7) is 4.31. The van der Waals surface area contributed by atoms with Gasteiger partial charge in [0.05, 0.1) is 4.92 Å². The molecule has 0 radical (unpaired) electrons. The second-order valence-electron chi connectivity index (χ2n) is 5.17. The monoisotopic (exact) mass is 295 g/mol. The fourth-order valence-corrected chi connectivity index (χ4v) is 1.53. The zero-order valence-corrected chi connectivity index (χ0v) is 12.8. The number of rotatable bonds is 7. The number of nitrogens with zero attached hydrogens (tertiary/aromatic N) is 2. The smallest absolute Gasteiger partial charge is 0.311 e. The van der Waals surface area contributed by atoms with Crippen molar-refractivity contribution in [3.8, 4) is 5.75 Å². The molecule has 0 unspecified atom stereocenters. The molecule has 0 saturated carbocycles. The second-order valence-corrected chi connectivity index (χ2v) is 5.17. The number of nitro benzene ring substituents is 1. The van der Waals surface area contributed by atoms with Crippen LogP contribution in [0.3, 0.4) is 0 Å². The van der Waals surface area contributed by atoms with E-state index in [1.807, 2.05) is 13.8 Å². The predicted octanol–water partition coefficient (Wildman–Crippen LogP) is 1.56. The molecule has 7 nitrogen and oxygen atoms in total. The van der Waals surface area contributed by atoms with Crippen molar-refractivity contribution in [2.45, 2.75) is 26.4 Å². The number of ether oxygens (including phenoxy) is 1. The van der Waals surface area contributed by atoms with Crippen LogP contribution in [0.4, 0.5) is 5.69 Å². The zero-order chi connectivity index (χ0) is 16.0. The van der Waals surface area contributed by atoms with E-state index in [9.17, 15) is 14.9 Å².